The highest BCUT2D eigenvalue weighted by Crippen LogP contribution is 2.27. The lowest BCUT2D eigenvalue weighted by molar-refractivity contribution is 0.0523. The molecule has 0 heterocycles. The number of benzene rings is 2. The highest BCUT2D eigenvalue weighted by Gasteiger charge is 2.14. The van der Waals surface area contributed by atoms with Crippen molar-refractivity contribution in [2.45, 2.75) is 20.3 Å². The fourth-order valence-electron chi connectivity index (χ4n) is 1.86. The van der Waals surface area contributed by atoms with E-state index < -0.39 is 0 Å². The van der Waals surface area contributed by atoms with Crippen molar-refractivity contribution in [3.63, 3.8) is 0 Å². The van der Waals surface area contributed by atoms with Crippen LogP contribution in [0.1, 0.15) is 29.8 Å². The molecule has 0 atom stereocenters. The second kappa shape index (κ2) is 6.75. The molecule has 2 aromatic rings. The van der Waals surface area contributed by atoms with Gasteiger partial charge in [-0.2, -0.15) is 0 Å². The Hall–Kier alpha value is -2.29. The first-order valence-electron chi connectivity index (χ1n) is 6.77. The zero-order chi connectivity index (χ0) is 14.4. The molecule has 0 aromatic heterocycles. The highest BCUT2D eigenvalue weighted by atomic mass is 16.5. The van der Waals surface area contributed by atoms with Crippen molar-refractivity contribution >= 4 is 5.97 Å². The average molecular weight is 270 g/mol. The molecule has 2 aromatic carbocycles. The number of esters is 1. The number of carbonyl (C=O) groups excluding carboxylic acids is 1. The van der Waals surface area contributed by atoms with E-state index in [2.05, 4.69) is 6.92 Å². The van der Waals surface area contributed by atoms with E-state index in [0.717, 1.165) is 12.0 Å². The van der Waals surface area contributed by atoms with Crippen molar-refractivity contribution in [3.05, 3.63) is 59.7 Å². The van der Waals surface area contributed by atoms with E-state index in [-0.39, 0.29) is 5.97 Å². The van der Waals surface area contributed by atoms with Crippen molar-refractivity contribution in [2.24, 2.45) is 0 Å². The first-order chi connectivity index (χ1) is 9.74. The third-order valence-electron chi connectivity index (χ3n) is 2.92. The Morgan fingerprint density at radius 3 is 2.45 bits per heavy atom. The summed E-state index contributed by atoms with van der Waals surface area (Å²) in [6.45, 7) is 4.20. The molecule has 0 aliphatic rings. The Bertz CT molecular complexity index is 576. The summed E-state index contributed by atoms with van der Waals surface area (Å²) >= 11 is 0. The summed E-state index contributed by atoms with van der Waals surface area (Å²) in [5.74, 6) is 0.876. The van der Waals surface area contributed by atoms with Crippen LogP contribution in [-0.4, -0.2) is 12.6 Å². The maximum Gasteiger partial charge on any atom is 0.341 e. The number of hydrogen-bond acceptors (Lipinski definition) is 3. The van der Waals surface area contributed by atoms with Gasteiger partial charge in [0.15, 0.2) is 0 Å². The van der Waals surface area contributed by atoms with Gasteiger partial charge >= 0.3 is 5.97 Å². The minimum absolute atomic E-state index is 0.346. The summed E-state index contributed by atoms with van der Waals surface area (Å²) in [6.07, 6.45) is 0.883. The molecule has 0 spiro atoms. The second-order valence-corrected chi connectivity index (χ2v) is 4.32. The molecule has 20 heavy (non-hydrogen) atoms. The molecular formula is C17H18O3. The second-order valence-electron chi connectivity index (χ2n) is 4.32. The summed E-state index contributed by atoms with van der Waals surface area (Å²) in [5.41, 5.74) is 1.57. The maximum absolute atomic E-state index is 12.0. The predicted octanol–water partition coefficient (Wildman–Crippen LogP) is 4.22. The van der Waals surface area contributed by atoms with Gasteiger partial charge in [-0.05, 0) is 43.2 Å². The van der Waals surface area contributed by atoms with Crippen LogP contribution in [0.2, 0.25) is 0 Å². The van der Waals surface area contributed by atoms with Crippen LogP contribution in [0.3, 0.4) is 0 Å². The first-order valence-corrected chi connectivity index (χ1v) is 6.77. The Kier molecular flexibility index (Phi) is 4.77. The molecule has 0 unspecified atom stereocenters. The van der Waals surface area contributed by atoms with E-state index in [1.807, 2.05) is 42.5 Å². The Balaban J connectivity index is 2.34. The van der Waals surface area contributed by atoms with Gasteiger partial charge in [0, 0.05) is 0 Å². The minimum atomic E-state index is -0.360. The molecule has 0 aliphatic carbocycles. The highest BCUT2D eigenvalue weighted by molar-refractivity contribution is 5.92. The number of aryl methyl sites for hydroxylation is 1. The molecule has 0 fully saturated rings. The van der Waals surface area contributed by atoms with Crippen molar-refractivity contribution in [2.75, 3.05) is 6.61 Å². The van der Waals surface area contributed by atoms with Gasteiger partial charge in [-0.15, -0.1) is 0 Å². The van der Waals surface area contributed by atoms with Crippen LogP contribution in [0.4, 0.5) is 0 Å². The quantitative estimate of drug-likeness (QED) is 0.763. The largest absolute Gasteiger partial charge is 0.462 e. The van der Waals surface area contributed by atoms with Gasteiger partial charge in [-0.25, -0.2) is 4.79 Å². The van der Waals surface area contributed by atoms with Gasteiger partial charge in [0.1, 0.15) is 17.1 Å². The number of carbonyl (C=O) groups is 1. The monoisotopic (exact) mass is 270 g/mol. The van der Waals surface area contributed by atoms with Crippen LogP contribution in [-0.2, 0) is 11.2 Å². The van der Waals surface area contributed by atoms with Crippen LogP contribution in [0.25, 0.3) is 0 Å². The van der Waals surface area contributed by atoms with Crippen molar-refractivity contribution in [3.8, 4) is 11.5 Å². The average Bonchev–Trinajstić information content (AvgIpc) is 2.48. The minimum Gasteiger partial charge on any atom is -0.462 e. The van der Waals surface area contributed by atoms with Gasteiger partial charge < -0.3 is 9.47 Å². The fourth-order valence-corrected chi connectivity index (χ4v) is 1.86. The molecular weight excluding hydrogens is 252 g/mol. The Morgan fingerprint density at radius 1 is 1.05 bits per heavy atom. The lowest BCUT2D eigenvalue weighted by Crippen LogP contribution is -2.07. The molecule has 0 bridgehead atoms. The molecule has 0 aliphatic heterocycles. The molecule has 0 saturated carbocycles. The SMILES string of the molecule is CCOC(=O)c1ccc(CC)cc1Oc1ccccc1. The summed E-state index contributed by atoms with van der Waals surface area (Å²) in [4.78, 5) is 12.0. The summed E-state index contributed by atoms with van der Waals surface area (Å²) in [5, 5.41) is 0. The Morgan fingerprint density at radius 2 is 1.80 bits per heavy atom. The molecule has 0 amide bonds. The maximum atomic E-state index is 12.0. The van der Waals surface area contributed by atoms with E-state index in [4.69, 9.17) is 9.47 Å². The molecule has 104 valence electrons. The fraction of sp³-hybridized carbons (Fsp3) is 0.235. The van der Waals surface area contributed by atoms with E-state index in [0.29, 0.717) is 23.7 Å². The van der Waals surface area contributed by atoms with Crippen molar-refractivity contribution < 1.29 is 14.3 Å². The van der Waals surface area contributed by atoms with Gasteiger partial charge in [0.05, 0.1) is 6.61 Å². The molecule has 3 nitrogen and oxygen atoms in total. The number of rotatable bonds is 5. The number of para-hydroxylation sites is 1. The van der Waals surface area contributed by atoms with Gasteiger partial charge in [-0.1, -0.05) is 31.2 Å². The van der Waals surface area contributed by atoms with Crippen LogP contribution in [0, 0.1) is 0 Å². The van der Waals surface area contributed by atoms with Crippen LogP contribution < -0.4 is 4.74 Å². The van der Waals surface area contributed by atoms with E-state index in [1.54, 1.807) is 13.0 Å². The van der Waals surface area contributed by atoms with Crippen molar-refractivity contribution in [1.82, 2.24) is 0 Å². The van der Waals surface area contributed by atoms with Crippen LogP contribution in [0.5, 0.6) is 11.5 Å². The van der Waals surface area contributed by atoms with E-state index >= 15 is 0 Å². The number of ether oxygens (including phenoxy) is 2. The zero-order valence-electron chi connectivity index (χ0n) is 11.8. The summed E-state index contributed by atoms with van der Waals surface area (Å²) < 4.78 is 10.9. The third kappa shape index (κ3) is 3.38. The summed E-state index contributed by atoms with van der Waals surface area (Å²) in [7, 11) is 0. The normalized spacial score (nSPS) is 10.1. The van der Waals surface area contributed by atoms with Crippen LogP contribution in [0.15, 0.2) is 48.5 Å². The number of hydrogen-bond donors (Lipinski definition) is 0. The van der Waals surface area contributed by atoms with Crippen LogP contribution >= 0.6 is 0 Å². The van der Waals surface area contributed by atoms with Gasteiger partial charge in [0.2, 0.25) is 0 Å². The molecule has 0 N–H and O–H groups in total. The molecule has 0 saturated heterocycles. The lowest BCUT2D eigenvalue weighted by atomic mass is 10.1. The van der Waals surface area contributed by atoms with Gasteiger partial charge in [0.25, 0.3) is 0 Å². The summed E-state index contributed by atoms with van der Waals surface area (Å²) in [6, 6.07) is 15.0. The standard InChI is InChI=1S/C17H18O3/c1-3-13-10-11-15(17(18)19-4-2)16(12-13)20-14-8-6-5-7-9-14/h5-12H,3-4H2,1-2H3. The predicted molar refractivity (Wildman–Crippen MR) is 78.3 cm³/mol. The lowest BCUT2D eigenvalue weighted by Gasteiger charge is -2.12. The van der Waals surface area contributed by atoms with Gasteiger partial charge in [-0.3, -0.25) is 0 Å². The first kappa shape index (κ1) is 14.1. The topological polar surface area (TPSA) is 35.5 Å². The van der Waals surface area contributed by atoms with Crippen molar-refractivity contribution in [1.29, 1.82) is 0 Å². The smallest absolute Gasteiger partial charge is 0.341 e. The van der Waals surface area contributed by atoms with E-state index in [9.17, 15) is 4.79 Å². The zero-order valence-corrected chi connectivity index (χ0v) is 11.8. The Labute approximate surface area is 119 Å². The van der Waals surface area contributed by atoms with E-state index in [1.165, 1.54) is 0 Å². The molecule has 0 radical (unpaired) electrons. The molecule has 3 heteroatoms. The third-order valence-corrected chi connectivity index (χ3v) is 2.92. The molecule has 2 rings (SSSR count).